The Kier molecular flexibility index (Phi) is 29.3. The summed E-state index contributed by atoms with van der Waals surface area (Å²) in [7, 11) is 11.2. The van der Waals surface area contributed by atoms with Crippen molar-refractivity contribution in [3.8, 4) is 113 Å². The van der Waals surface area contributed by atoms with E-state index in [1.165, 1.54) is 16.8 Å². The topological polar surface area (TPSA) is 303 Å². The quantitative estimate of drug-likeness (QED) is 0.0760. The largest absolute Gasteiger partial charge is 0.358 e. The molecule has 11 heterocycles. The fraction of sp³-hybridized carbons (Fsp3) is 0.146. The highest BCUT2D eigenvalue weighted by Crippen LogP contribution is 2.44. The number of fused-ring (bicyclic) bond motifs is 5. The van der Waals surface area contributed by atoms with Crippen LogP contribution in [-0.2, 0) is 48.1 Å². The molecule has 0 saturated carbocycles. The minimum atomic E-state index is -0.310. The van der Waals surface area contributed by atoms with Crippen molar-refractivity contribution in [3.05, 3.63) is 328 Å². The number of amides is 3. The van der Waals surface area contributed by atoms with Crippen molar-refractivity contribution in [1.29, 1.82) is 0 Å². The van der Waals surface area contributed by atoms with Gasteiger partial charge in [0.1, 0.15) is 82.4 Å². The number of rotatable bonds is 19. The Bertz CT molecular complexity index is 7660. The maximum Gasteiger partial charge on any atom is 0.244 e. The van der Waals surface area contributed by atoms with Gasteiger partial charge in [-0.05, 0) is 45.4 Å². The van der Waals surface area contributed by atoms with Gasteiger partial charge in [0, 0.05) is 116 Å². The Morgan fingerprint density at radius 2 is 0.547 bits per heavy atom. The average Bonchev–Trinajstić information content (AvgIpc) is 1.64. The van der Waals surface area contributed by atoms with Crippen molar-refractivity contribution in [1.82, 2.24) is 125 Å². The smallest absolute Gasteiger partial charge is 0.244 e. The molecule has 1 aliphatic heterocycles. The number of halogens is 6. The highest BCUT2D eigenvalue weighted by Gasteiger charge is 2.30. The number of aromatic nitrogens is 20. The molecule has 2 N–H and O–H groups in total. The molecule has 34 heteroatoms. The van der Waals surface area contributed by atoms with Crippen LogP contribution < -0.4 is 10.6 Å². The maximum atomic E-state index is 13.2. The van der Waals surface area contributed by atoms with Crippen molar-refractivity contribution in [2.75, 3.05) is 67.5 Å². The molecule has 137 heavy (non-hydrogen) atoms. The number of likely N-dealkylation sites (N-methyl/N-ethyl adjacent to an activating group) is 3. The van der Waals surface area contributed by atoms with E-state index >= 15 is 0 Å². The zero-order valence-electron chi connectivity index (χ0n) is 74.9. The van der Waals surface area contributed by atoms with Crippen LogP contribution in [0.1, 0.15) is 0 Å². The third kappa shape index (κ3) is 20.8. The average molecular weight is 1920 g/mol. The molecule has 0 atom stereocenters. The summed E-state index contributed by atoms with van der Waals surface area (Å²) in [6, 6.07) is 93.9. The molecule has 1 aliphatic rings. The molecule has 20 aromatic rings. The molecular formula is C103H87Cl5FN25O3. The normalized spacial score (nSPS) is 11.9. The molecule has 21 rings (SSSR count). The molecule has 0 bridgehead atoms. The third-order valence-electron chi connectivity index (χ3n) is 22.6. The van der Waals surface area contributed by atoms with Crippen LogP contribution in [0, 0.1) is 5.82 Å². The summed E-state index contributed by atoms with van der Waals surface area (Å²) in [5, 5.41) is 78.2. The lowest BCUT2D eigenvalue weighted by molar-refractivity contribution is -0.133. The van der Waals surface area contributed by atoms with Crippen LogP contribution in [0.4, 0.5) is 4.39 Å². The number of piperazine rings is 1. The molecule has 1 saturated heterocycles. The van der Waals surface area contributed by atoms with Crippen LogP contribution in [0.2, 0.25) is 25.1 Å². The van der Waals surface area contributed by atoms with Crippen molar-refractivity contribution >= 4 is 131 Å². The van der Waals surface area contributed by atoms with Crippen molar-refractivity contribution in [3.63, 3.8) is 0 Å². The third-order valence-corrected chi connectivity index (χ3v) is 24.4. The van der Waals surface area contributed by atoms with Gasteiger partial charge in [-0.15, -0.1) is 51.0 Å². The second kappa shape index (κ2) is 42.9. The highest BCUT2D eigenvalue weighted by atomic mass is 35.5. The molecule has 10 aromatic heterocycles. The molecule has 0 unspecified atom stereocenters. The SMILES string of the molecule is CN(C)CCNC(=O)Cn1nc(-c2ccccc2)c2c(Cl)c(-c3ccccc3)nnc21.CN1CCN(C(=O)Cn2nc(-c3ccccc3)c3c(Cl)c(-c4ccccc4)nnc32)CC1.CNC(=O)Cn1nc(-c2ccccc2)c2c(Cl)c(-c3ccccc3)nnc21.Cn1nc(-c2ccccc2)c2c(Cl)c(-c3ccc(F)cc3)nnc21.Cn1nc(-c2ccccc2)c2c(Cl)c(-c3ccccc3)nnc21. The van der Waals surface area contributed by atoms with Gasteiger partial charge in [0.2, 0.25) is 17.7 Å². The summed E-state index contributed by atoms with van der Waals surface area (Å²) in [6.07, 6.45) is 0. The number of carbonyl (C=O) groups is 3. The fourth-order valence-corrected chi connectivity index (χ4v) is 17.2. The number of aryl methyl sites for hydroxylation is 2. The highest BCUT2D eigenvalue weighted by molar-refractivity contribution is 6.41. The lowest BCUT2D eigenvalue weighted by Crippen LogP contribution is -2.48. The first-order chi connectivity index (χ1) is 66.7. The minimum absolute atomic E-state index is 0.0205. The molecular weight excluding hydrogens is 1830 g/mol. The predicted octanol–water partition coefficient (Wildman–Crippen LogP) is 19.5. The van der Waals surface area contributed by atoms with Gasteiger partial charge in [0.05, 0.1) is 52.0 Å². The number of benzene rings is 10. The van der Waals surface area contributed by atoms with Crippen molar-refractivity contribution < 1.29 is 18.8 Å². The van der Waals surface area contributed by atoms with Gasteiger partial charge in [-0.25, -0.2) is 27.8 Å². The number of nitrogens with zero attached hydrogens (tertiary/aromatic N) is 23. The summed E-state index contributed by atoms with van der Waals surface area (Å²) < 4.78 is 21.3. The molecule has 10 aromatic carbocycles. The number of nitrogens with one attached hydrogen (secondary N) is 2. The first-order valence-electron chi connectivity index (χ1n) is 43.6. The lowest BCUT2D eigenvalue weighted by atomic mass is 10.1. The summed E-state index contributed by atoms with van der Waals surface area (Å²) in [6.45, 7) is 4.65. The van der Waals surface area contributed by atoms with Gasteiger partial charge >= 0.3 is 0 Å². The molecule has 684 valence electrons. The van der Waals surface area contributed by atoms with Crippen LogP contribution in [0.5, 0.6) is 0 Å². The summed E-state index contributed by atoms with van der Waals surface area (Å²) in [5.41, 5.74) is 18.2. The number of hydrogen-bond donors (Lipinski definition) is 2. The van der Waals surface area contributed by atoms with E-state index < -0.39 is 0 Å². The van der Waals surface area contributed by atoms with Gasteiger partial charge < -0.3 is 25.3 Å². The van der Waals surface area contributed by atoms with Crippen LogP contribution in [0.3, 0.4) is 0 Å². The van der Waals surface area contributed by atoms with E-state index in [1.807, 2.05) is 304 Å². The van der Waals surface area contributed by atoms with Crippen LogP contribution >= 0.6 is 58.0 Å². The monoisotopic (exact) mass is 1920 g/mol. The zero-order valence-corrected chi connectivity index (χ0v) is 78.7. The Morgan fingerprint density at radius 1 is 0.307 bits per heavy atom. The van der Waals surface area contributed by atoms with Crippen LogP contribution in [0.15, 0.2) is 297 Å². The molecule has 0 radical (unpaired) electrons. The Morgan fingerprint density at radius 3 is 0.825 bits per heavy atom. The summed E-state index contributed by atoms with van der Waals surface area (Å²) in [4.78, 5) is 43.5. The van der Waals surface area contributed by atoms with Gasteiger partial charge in [-0.3, -0.25) is 14.4 Å². The first kappa shape index (κ1) is 93.5. The van der Waals surface area contributed by atoms with E-state index in [1.54, 1.807) is 45.0 Å². The molecule has 1 fully saturated rings. The Balaban J connectivity index is 0.000000119. The van der Waals surface area contributed by atoms with E-state index in [4.69, 9.17) is 68.2 Å². The van der Waals surface area contributed by atoms with Crippen LogP contribution in [0.25, 0.3) is 168 Å². The van der Waals surface area contributed by atoms with Crippen molar-refractivity contribution in [2.24, 2.45) is 14.1 Å². The van der Waals surface area contributed by atoms with Gasteiger partial charge in [-0.2, -0.15) is 25.5 Å². The van der Waals surface area contributed by atoms with E-state index in [0.29, 0.717) is 140 Å². The molecule has 3 amide bonds. The number of carbonyl (C=O) groups excluding carboxylic acids is 3. The van der Waals surface area contributed by atoms with Gasteiger partial charge in [0.15, 0.2) is 28.2 Å². The second-order valence-corrected chi connectivity index (χ2v) is 34.0. The van der Waals surface area contributed by atoms with Crippen molar-refractivity contribution in [2.45, 2.75) is 19.6 Å². The van der Waals surface area contributed by atoms with E-state index in [-0.39, 0.29) is 43.2 Å². The molecule has 0 aliphatic carbocycles. The Hall–Kier alpha value is -15.3. The molecule has 28 nitrogen and oxygen atoms in total. The minimum Gasteiger partial charge on any atom is -0.358 e. The predicted molar refractivity (Wildman–Crippen MR) is 538 cm³/mol. The Labute approximate surface area is 811 Å². The van der Waals surface area contributed by atoms with Gasteiger partial charge in [-0.1, -0.05) is 331 Å². The van der Waals surface area contributed by atoms with E-state index in [2.05, 4.69) is 88.9 Å². The van der Waals surface area contributed by atoms with Gasteiger partial charge in [0.25, 0.3) is 0 Å². The standard InChI is InChI=1S/C24H23ClN6O.C23H23ClN6O.C20H16ClN5O.C18H12ClFN4.C18H13ClN4/c1-29-12-14-30(15-13-29)19(32)16-31-24-20(22(28-31)17-8-4-2-5-9-17)21(25)23(26-27-24)18-10-6-3-7-11-18;1-29(2)14-13-25-18(31)15-30-23-19(21(28-30)16-9-5-3-6-10-16)20(24)22(26-27-23)17-11-7-4-8-12-17;1-22-15(27)12-26-20-16(18(25-26)13-8-4-2-5-9-13)17(21)19(23-24-20)14-10-6-3-7-11-14;1-24-18-14(16(23-24)11-5-3-2-4-6-11)15(19)17(21-22-18)12-7-9-13(20)10-8-12;1-23-18-14(16(22-23)12-8-4-2-5-9-12)15(19)17(20-21-18)13-10-6-3-7-11-13/h2-11H,12-16H2,1H3;3-12H,13-15H2,1-2H3,(H,25,31);2-11H,12H2,1H3,(H,22,27);2-10H,1H3;2-11H,1H3. The van der Waals surface area contributed by atoms with E-state index in [9.17, 15) is 18.8 Å². The second-order valence-electron chi connectivity index (χ2n) is 32.1. The maximum absolute atomic E-state index is 13.2. The zero-order chi connectivity index (χ0) is 95.2. The first-order valence-corrected chi connectivity index (χ1v) is 45.5. The van der Waals surface area contributed by atoms with Crippen LogP contribution in [-0.4, -0.2) is 200 Å². The number of hydrogen-bond acceptors (Lipinski definition) is 20. The molecule has 0 spiro atoms. The summed E-state index contributed by atoms with van der Waals surface area (Å²) >= 11 is 33.8. The fourth-order valence-electron chi connectivity index (χ4n) is 15.6. The summed E-state index contributed by atoms with van der Waals surface area (Å²) in [5.74, 6) is -0.609. The van der Waals surface area contributed by atoms with E-state index in [0.717, 1.165) is 91.9 Å². The lowest BCUT2D eigenvalue weighted by Gasteiger charge is -2.32.